The largest absolute Gasteiger partial charge is 0.489 e. The van der Waals surface area contributed by atoms with Gasteiger partial charge in [0.05, 0.1) is 0 Å². The molecule has 0 amide bonds. The molecule has 14 heavy (non-hydrogen) atoms. The minimum absolute atomic E-state index is 0.337. The molecule has 2 radical (unpaired) electrons. The number of nitrogens with zero attached hydrogens (tertiary/aromatic N) is 1. The van der Waals surface area contributed by atoms with Crippen LogP contribution in [0.4, 0.5) is 0 Å². The summed E-state index contributed by atoms with van der Waals surface area (Å²) in [6, 6.07) is 7.59. The number of rotatable bonds is 2. The zero-order valence-corrected chi connectivity index (χ0v) is 8.44. The lowest BCUT2D eigenvalue weighted by Crippen LogP contribution is -2.21. The van der Waals surface area contributed by atoms with E-state index in [0.717, 1.165) is 30.7 Å². The molecule has 0 aromatic heterocycles. The van der Waals surface area contributed by atoms with Crippen LogP contribution >= 0.6 is 0 Å². The molecule has 2 nitrogen and oxygen atoms in total. The first-order valence-corrected chi connectivity index (χ1v) is 4.95. The third-order valence-corrected chi connectivity index (χ3v) is 2.53. The van der Waals surface area contributed by atoms with Crippen LogP contribution in [0.15, 0.2) is 24.3 Å². The van der Waals surface area contributed by atoms with Crippen LogP contribution in [0, 0.1) is 0 Å². The third-order valence-electron chi connectivity index (χ3n) is 2.53. The van der Waals surface area contributed by atoms with Crippen LogP contribution in [0.25, 0.3) is 0 Å². The smallest absolute Gasteiger partial charge is 0.119 e. The summed E-state index contributed by atoms with van der Waals surface area (Å²) in [7, 11) is 7.71. The topological polar surface area (TPSA) is 12.5 Å². The molecule has 0 aliphatic carbocycles. The molecule has 0 saturated carbocycles. The fourth-order valence-electron chi connectivity index (χ4n) is 1.73. The summed E-state index contributed by atoms with van der Waals surface area (Å²) >= 11 is 0. The minimum Gasteiger partial charge on any atom is -0.489 e. The summed E-state index contributed by atoms with van der Waals surface area (Å²) in [6.07, 6.45) is 1.45. The highest BCUT2D eigenvalue weighted by atomic mass is 16.5. The Kier molecular flexibility index (Phi) is 2.78. The second-order valence-corrected chi connectivity index (χ2v) is 3.86. The van der Waals surface area contributed by atoms with Gasteiger partial charge in [-0.25, -0.2) is 0 Å². The molecule has 0 bridgehead atoms. The summed E-state index contributed by atoms with van der Waals surface area (Å²) in [6.45, 7) is 2.14. The lowest BCUT2D eigenvalue weighted by atomic mass is 9.97. The maximum absolute atomic E-state index is 5.80. The molecule has 1 heterocycles. The predicted molar refractivity (Wildman–Crippen MR) is 58.4 cm³/mol. The van der Waals surface area contributed by atoms with Crippen LogP contribution < -0.4 is 10.2 Å². The highest BCUT2D eigenvalue weighted by molar-refractivity contribution is 6.32. The second-order valence-electron chi connectivity index (χ2n) is 3.86. The van der Waals surface area contributed by atoms with Gasteiger partial charge in [0, 0.05) is 13.1 Å². The fraction of sp³-hybridized carbons (Fsp3) is 0.455. The first-order valence-electron chi connectivity index (χ1n) is 4.95. The quantitative estimate of drug-likeness (QED) is 0.627. The van der Waals surface area contributed by atoms with Gasteiger partial charge in [0.25, 0.3) is 0 Å². The highest BCUT2D eigenvalue weighted by Crippen LogP contribution is 2.16. The number of likely N-dealkylation sites (tertiary alicyclic amines) is 1. The molecule has 1 aromatic rings. The van der Waals surface area contributed by atoms with Crippen LogP contribution in [-0.2, 0) is 0 Å². The monoisotopic (exact) mass is 187 g/mol. The summed E-state index contributed by atoms with van der Waals surface area (Å²) < 4.78 is 5.80. The van der Waals surface area contributed by atoms with Crippen LogP contribution in [-0.4, -0.2) is 39.0 Å². The van der Waals surface area contributed by atoms with E-state index in [1.807, 2.05) is 24.3 Å². The number of hydrogen-bond acceptors (Lipinski definition) is 2. The molecule has 1 fully saturated rings. The molecule has 1 aromatic carbocycles. The first-order chi connectivity index (χ1) is 6.74. The van der Waals surface area contributed by atoms with Crippen molar-refractivity contribution in [1.82, 2.24) is 4.90 Å². The standard InChI is InChI=1S/C11H14BNO/c1-13-7-6-11(8-13)14-10-4-2-9(12)3-5-10/h2-5,11H,6-8H2,1H3/t11-/m0/s1. The van der Waals surface area contributed by atoms with E-state index in [0.29, 0.717) is 6.10 Å². The van der Waals surface area contributed by atoms with Crippen molar-refractivity contribution in [1.29, 1.82) is 0 Å². The van der Waals surface area contributed by atoms with E-state index >= 15 is 0 Å². The Morgan fingerprint density at radius 2 is 2.07 bits per heavy atom. The maximum atomic E-state index is 5.80. The molecule has 0 unspecified atom stereocenters. The Morgan fingerprint density at radius 1 is 1.36 bits per heavy atom. The van der Waals surface area contributed by atoms with Gasteiger partial charge in [-0.3, -0.25) is 0 Å². The molecular weight excluding hydrogens is 173 g/mol. The van der Waals surface area contributed by atoms with Crippen LogP contribution in [0.1, 0.15) is 6.42 Å². The second kappa shape index (κ2) is 4.05. The Balaban J connectivity index is 1.94. The van der Waals surface area contributed by atoms with Gasteiger partial charge in [0.15, 0.2) is 0 Å². The van der Waals surface area contributed by atoms with Crippen LogP contribution in [0.3, 0.4) is 0 Å². The Morgan fingerprint density at radius 3 is 2.64 bits per heavy atom. The number of ether oxygens (including phenoxy) is 1. The zero-order chi connectivity index (χ0) is 9.97. The Labute approximate surface area is 86.3 Å². The summed E-state index contributed by atoms with van der Waals surface area (Å²) in [5, 5.41) is 0. The van der Waals surface area contributed by atoms with Crippen molar-refractivity contribution < 1.29 is 4.74 Å². The van der Waals surface area contributed by atoms with Crippen LogP contribution in [0.2, 0.25) is 0 Å². The van der Waals surface area contributed by atoms with Gasteiger partial charge in [-0.1, -0.05) is 17.6 Å². The van der Waals surface area contributed by atoms with E-state index in [1.165, 1.54) is 0 Å². The molecule has 1 aliphatic rings. The third kappa shape index (κ3) is 2.29. The summed E-state index contributed by atoms with van der Waals surface area (Å²) in [4.78, 5) is 2.28. The van der Waals surface area contributed by atoms with Crippen molar-refractivity contribution in [3.05, 3.63) is 24.3 Å². The lowest BCUT2D eigenvalue weighted by molar-refractivity contribution is 0.208. The molecule has 72 valence electrons. The van der Waals surface area contributed by atoms with Gasteiger partial charge < -0.3 is 9.64 Å². The van der Waals surface area contributed by atoms with E-state index in [1.54, 1.807) is 0 Å². The SMILES string of the molecule is [B]c1ccc(O[C@H]2CCN(C)C2)cc1. The number of benzene rings is 1. The van der Waals surface area contributed by atoms with Crippen LogP contribution in [0.5, 0.6) is 5.75 Å². The van der Waals surface area contributed by atoms with Crippen molar-refractivity contribution in [2.75, 3.05) is 20.1 Å². The number of hydrogen-bond donors (Lipinski definition) is 0. The first kappa shape index (κ1) is 9.59. The fourth-order valence-corrected chi connectivity index (χ4v) is 1.73. The molecule has 1 aliphatic heterocycles. The van der Waals surface area contributed by atoms with E-state index in [4.69, 9.17) is 12.6 Å². The van der Waals surface area contributed by atoms with Gasteiger partial charge in [-0.05, 0) is 25.6 Å². The zero-order valence-electron chi connectivity index (χ0n) is 8.44. The van der Waals surface area contributed by atoms with E-state index in [9.17, 15) is 0 Å². The molecule has 0 N–H and O–H groups in total. The number of likely N-dealkylation sites (N-methyl/N-ethyl adjacent to an activating group) is 1. The van der Waals surface area contributed by atoms with Crippen molar-refractivity contribution in [2.24, 2.45) is 0 Å². The van der Waals surface area contributed by atoms with Crippen molar-refractivity contribution >= 4 is 13.3 Å². The average Bonchev–Trinajstić information content (AvgIpc) is 2.56. The molecule has 1 saturated heterocycles. The summed E-state index contributed by atoms with van der Waals surface area (Å²) in [5.41, 5.74) is 0.779. The molecule has 0 spiro atoms. The lowest BCUT2D eigenvalue weighted by Gasteiger charge is -2.13. The maximum Gasteiger partial charge on any atom is 0.119 e. The Hall–Kier alpha value is -0.955. The molecule has 3 heteroatoms. The Bertz CT molecular complexity index is 299. The van der Waals surface area contributed by atoms with E-state index in [2.05, 4.69) is 11.9 Å². The van der Waals surface area contributed by atoms with Gasteiger partial charge in [-0.2, -0.15) is 0 Å². The van der Waals surface area contributed by atoms with Gasteiger partial charge in [0.1, 0.15) is 19.7 Å². The molecular formula is C11H14BNO. The van der Waals surface area contributed by atoms with E-state index < -0.39 is 0 Å². The van der Waals surface area contributed by atoms with Crippen molar-refractivity contribution in [3.63, 3.8) is 0 Å². The minimum atomic E-state index is 0.337. The van der Waals surface area contributed by atoms with Gasteiger partial charge in [-0.15, -0.1) is 0 Å². The normalized spacial score (nSPS) is 22.5. The summed E-state index contributed by atoms with van der Waals surface area (Å²) in [5.74, 6) is 0.916. The van der Waals surface area contributed by atoms with Gasteiger partial charge in [0.2, 0.25) is 0 Å². The van der Waals surface area contributed by atoms with Crippen molar-refractivity contribution in [3.8, 4) is 5.75 Å². The predicted octanol–water partition coefficient (Wildman–Crippen LogP) is 0.563. The average molecular weight is 187 g/mol. The van der Waals surface area contributed by atoms with Gasteiger partial charge >= 0.3 is 0 Å². The highest BCUT2D eigenvalue weighted by Gasteiger charge is 2.20. The van der Waals surface area contributed by atoms with E-state index in [-0.39, 0.29) is 0 Å². The molecule has 1 atom stereocenters. The van der Waals surface area contributed by atoms with Crippen molar-refractivity contribution in [2.45, 2.75) is 12.5 Å². The molecule has 2 rings (SSSR count).